The average Bonchev–Trinajstić information content (AvgIpc) is 3.18. The topological polar surface area (TPSA) is 36.0 Å². The van der Waals surface area contributed by atoms with Crippen LogP contribution in [0, 0.1) is 0 Å². The number of benzene rings is 1. The molecule has 1 aromatic carbocycles. The number of piperazine rings is 1. The molecule has 2 atom stereocenters. The molecule has 0 aromatic heterocycles. The number of methoxy groups -OCH3 is 1. The number of rotatable bonds is 6. The lowest BCUT2D eigenvalue weighted by atomic mass is 10.1. The van der Waals surface area contributed by atoms with E-state index in [1.807, 2.05) is 17.0 Å². The molecule has 2 aliphatic heterocycles. The molecule has 0 aliphatic carbocycles. The Morgan fingerprint density at radius 3 is 2.27 bits per heavy atom. The molecule has 5 nitrogen and oxygen atoms in total. The number of carbonyl (C=O) groups is 1. The van der Waals surface area contributed by atoms with Crippen molar-refractivity contribution in [2.75, 3.05) is 51.3 Å². The minimum atomic E-state index is 0.160. The van der Waals surface area contributed by atoms with E-state index in [9.17, 15) is 4.79 Å². The summed E-state index contributed by atoms with van der Waals surface area (Å²) >= 11 is 0. The molecule has 2 unspecified atom stereocenters. The van der Waals surface area contributed by atoms with Crippen LogP contribution in [0.2, 0.25) is 0 Å². The van der Waals surface area contributed by atoms with Crippen LogP contribution in [0.1, 0.15) is 43.5 Å². The van der Waals surface area contributed by atoms with E-state index in [1.54, 1.807) is 7.11 Å². The Labute approximate surface area is 157 Å². The van der Waals surface area contributed by atoms with Gasteiger partial charge in [-0.1, -0.05) is 0 Å². The molecule has 0 spiro atoms. The monoisotopic (exact) mass is 359 g/mol. The molecule has 0 radical (unpaired) electrons. The quantitative estimate of drug-likeness (QED) is 0.732. The van der Waals surface area contributed by atoms with Crippen molar-refractivity contribution in [2.45, 2.75) is 45.2 Å². The predicted octanol–water partition coefficient (Wildman–Crippen LogP) is 2.86. The Bertz CT molecular complexity index is 571. The summed E-state index contributed by atoms with van der Waals surface area (Å²) in [7, 11) is 1.75. The van der Waals surface area contributed by atoms with Crippen LogP contribution < -0.4 is 4.90 Å². The van der Waals surface area contributed by atoms with Gasteiger partial charge in [0.25, 0.3) is 5.91 Å². The standard InChI is InChI=1S/C21H33N3O2/c1-17-15-23(16-18(2)24(17)13-6-14-26-3)21(25)19-7-9-20(10-8-19)22-11-4-5-12-22/h7-10,17-18H,4-6,11-16H2,1-3H3. The summed E-state index contributed by atoms with van der Waals surface area (Å²) in [5.41, 5.74) is 2.05. The minimum Gasteiger partial charge on any atom is -0.385 e. The first-order valence-electron chi connectivity index (χ1n) is 9.99. The molecule has 0 saturated carbocycles. The van der Waals surface area contributed by atoms with Crippen molar-refractivity contribution in [3.63, 3.8) is 0 Å². The zero-order valence-electron chi connectivity index (χ0n) is 16.5. The summed E-state index contributed by atoms with van der Waals surface area (Å²) in [6.45, 7) is 10.1. The second-order valence-corrected chi connectivity index (χ2v) is 7.73. The van der Waals surface area contributed by atoms with Gasteiger partial charge in [0.15, 0.2) is 0 Å². The van der Waals surface area contributed by atoms with Crippen LogP contribution in [0.25, 0.3) is 0 Å². The predicted molar refractivity (Wildman–Crippen MR) is 106 cm³/mol. The normalized spacial score (nSPS) is 24.3. The van der Waals surface area contributed by atoms with Crippen molar-refractivity contribution >= 4 is 11.6 Å². The maximum absolute atomic E-state index is 13.0. The van der Waals surface area contributed by atoms with Gasteiger partial charge in [0.2, 0.25) is 0 Å². The second kappa shape index (κ2) is 8.87. The summed E-state index contributed by atoms with van der Waals surface area (Å²) in [5.74, 6) is 0.160. The highest BCUT2D eigenvalue weighted by Crippen LogP contribution is 2.22. The summed E-state index contributed by atoms with van der Waals surface area (Å²) in [4.78, 5) is 19.9. The first-order valence-corrected chi connectivity index (χ1v) is 9.99. The molecular weight excluding hydrogens is 326 g/mol. The first kappa shape index (κ1) is 19.2. The number of carbonyl (C=O) groups excluding carboxylic acids is 1. The molecule has 26 heavy (non-hydrogen) atoms. The maximum Gasteiger partial charge on any atom is 0.253 e. The Morgan fingerprint density at radius 2 is 1.69 bits per heavy atom. The number of anilines is 1. The fraction of sp³-hybridized carbons (Fsp3) is 0.667. The average molecular weight is 360 g/mol. The highest BCUT2D eigenvalue weighted by atomic mass is 16.5. The van der Waals surface area contributed by atoms with E-state index in [2.05, 4.69) is 35.8 Å². The van der Waals surface area contributed by atoms with Crippen LogP contribution in [0.3, 0.4) is 0 Å². The van der Waals surface area contributed by atoms with Gasteiger partial charge < -0.3 is 14.5 Å². The Morgan fingerprint density at radius 1 is 1.08 bits per heavy atom. The van der Waals surface area contributed by atoms with Gasteiger partial charge in [-0.25, -0.2) is 0 Å². The second-order valence-electron chi connectivity index (χ2n) is 7.73. The number of amides is 1. The first-order chi connectivity index (χ1) is 12.6. The van der Waals surface area contributed by atoms with Gasteiger partial charge in [-0.3, -0.25) is 9.69 Å². The molecule has 2 saturated heterocycles. The minimum absolute atomic E-state index is 0.160. The lowest BCUT2D eigenvalue weighted by Crippen LogP contribution is -2.58. The van der Waals surface area contributed by atoms with Gasteiger partial charge in [-0.05, 0) is 57.4 Å². The van der Waals surface area contributed by atoms with Gasteiger partial charge in [-0.2, -0.15) is 0 Å². The molecule has 1 amide bonds. The molecule has 2 aliphatic rings. The lowest BCUT2D eigenvalue weighted by Gasteiger charge is -2.44. The van der Waals surface area contributed by atoms with Gasteiger partial charge in [0.1, 0.15) is 0 Å². The smallest absolute Gasteiger partial charge is 0.253 e. The highest BCUT2D eigenvalue weighted by molar-refractivity contribution is 5.94. The number of hydrogen-bond donors (Lipinski definition) is 0. The Hall–Kier alpha value is -1.59. The largest absolute Gasteiger partial charge is 0.385 e. The van der Waals surface area contributed by atoms with Crippen molar-refractivity contribution in [1.29, 1.82) is 0 Å². The van der Waals surface area contributed by atoms with Crippen molar-refractivity contribution in [3.8, 4) is 0 Å². The third kappa shape index (κ3) is 4.38. The molecular formula is C21H33N3O2. The van der Waals surface area contributed by atoms with E-state index >= 15 is 0 Å². The van der Waals surface area contributed by atoms with Crippen LogP contribution in [0.15, 0.2) is 24.3 Å². The summed E-state index contributed by atoms with van der Waals surface area (Å²) < 4.78 is 5.17. The fourth-order valence-corrected chi connectivity index (χ4v) is 4.33. The van der Waals surface area contributed by atoms with Crippen molar-refractivity contribution in [3.05, 3.63) is 29.8 Å². The highest BCUT2D eigenvalue weighted by Gasteiger charge is 2.31. The van der Waals surface area contributed by atoms with E-state index in [0.29, 0.717) is 12.1 Å². The van der Waals surface area contributed by atoms with Crippen LogP contribution in [0.4, 0.5) is 5.69 Å². The number of nitrogens with zero attached hydrogens (tertiary/aromatic N) is 3. The molecule has 1 aromatic rings. The van der Waals surface area contributed by atoms with Crippen LogP contribution in [0.5, 0.6) is 0 Å². The third-order valence-electron chi connectivity index (χ3n) is 5.74. The van der Waals surface area contributed by atoms with Gasteiger partial charge in [-0.15, -0.1) is 0 Å². The van der Waals surface area contributed by atoms with E-state index in [1.165, 1.54) is 18.5 Å². The molecule has 144 valence electrons. The Balaban J connectivity index is 1.59. The summed E-state index contributed by atoms with van der Waals surface area (Å²) in [6, 6.07) is 8.96. The van der Waals surface area contributed by atoms with Crippen molar-refractivity contribution in [2.24, 2.45) is 0 Å². The lowest BCUT2D eigenvalue weighted by molar-refractivity contribution is 0.0270. The molecule has 2 fully saturated rings. The van der Waals surface area contributed by atoms with E-state index in [0.717, 1.165) is 51.3 Å². The van der Waals surface area contributed by atoms with Gasteiger partial charge >= 0.3 is 0 Å². The molecule has 2 heterocycles. The van der Waals surface area contributed by atoms with Gasteiger partial charge in [0, 0.05) is 69.8 Å². The molecule has 3 rings (SSSR count). The zero-order chi connectivity index (χ0) is 18.5. The Kier molecular flexibility index (Phi) is 6.54. The van der Waals surface area contributed by atoms with E-state index < -0.39 is 0 Å². The van der Waals surface area contributed by atoms with Crippen molar-refractivity contribution < 1.29 is 9.53 Å². The van der Waals surface area contributed by atoms with Crippen LogP contribution >= 0.6 is 0 Å². The number of ether oxygens (including phenoxy) is 1. The van der Waals surface area contributed by atoms with Crippen molar-refractivity contribution in [1.82, 2.24) is 9.80 Å². The number of hydrogen-bond acceptors (Lipinski definition) is 4. The summed E-state index contributed by atoms with van der Waals surface area (Å²) in [6.07, 6.45) is 3.58. The fourth-order valence-electron chi connectivity index (χ4n) is 4.33. The third-order valence-corrected chi connectivity index (χ3v) is 5.74. The molecule has 0 N–H and O–H groups in total. The van der Waals surface area contributed by atoms with Gasteiger partial charge in [0.05, 0.1) is 0 Å². The van der Waals surface area contributed by atoms with Crippen LogP contribution in [-0.2, 0) is 4.74 Å². The maximum atomic E-state index is 13.0. The SMILES string of the molecule is COCCCN1C(C)CN(C(=O)c2ccc(N3CCCC3)cc2)CC1C. The zero-order valence-corrected chi connectivity index (χ0v) is 16.5. The van der Waals surface area contributed by atoms with E-state index in [-0.39, 0.29) is 5.91 Å². The molecule has 5 heteroatoms. The summed E-state index contributed by atoms with van der Waals surface area (Å²) in [5, 5.41) is 0. The van der Waals surface area contributed by atoms with Crippen LogP contribution in [-0.4, -0.2) is 74.2 Å². The molecule has 0 bridgehead atoms. The van der Waals surface area contributed by atoms with E-state index in [4.69, 9.17) is 4.74 Å².